The van der Waals surface area contributed by atoms with Crippen molar-refractivity contribution in [3.05, 3.63) is 57.6 Å². The van der Waals surface area contributed by atoms with Crippen LogP contribution in [0.4, 0.5) is 13.2 Å². The van der Waals surface area contributed by atoms with Gasteiger partial charge in [0, 0.05) is 19.8 Å². The van der Waals surface area contributed by atoms with Crippen molar-refractivity contribution in [1.82, 2.24) is 0 Å². The lowest BCUT2D eigenvalue weighted by Gasteiger charge is -2.31. The molecule has 0 amide bonds. The highest BCUT2D eigenvalue weighted by Gasteiger charge is 2.35. The van der Waals surface area contributed by atoms with Gasteiger partial charge in [0.15, 0.2) is 6.61 Å². The molecule has 0 saturated heterocycles. The summed E-state index contributed by atoms with van der Waals surface area (Å²) >= 11 is 12.1. The van der Waals surface area contributed by atoms with Crippen molar-refractivity contribution in [3.8, 4) is 11.5 Å². The fourth-order valence-electron chi connectivity index (χ4n) is 2.75. The van der Waals surface area contributed by atoms with Crippen LogP contribution in [0.5, 0.6) is 11.5 Å². The van der Waals surface area contributed by atoms with Crippen LogP contribution in [0.2, 0.25) is 10.0 Å². The Morgan fingerprint density at radius 2 is 1.48 bits per heavy atom. The molecular formula is C22H23Cl2F3O6. The van der Waals surface area contributed by atoms with E-state index in [0.717, 1.165) is 18.2 Å². The van der Waals surface area contributed by atoms with Crippen LogP contribution in [0.15, 0.2) is 36.4 Å². The molecule has 182 valence electrons. The summed E-state index contributed by atoms with van der Waals surface area (Å²) in [5, 5.41) is -0.181. The van der Waals surface area contributed by atoms with Crippen LogP contribution in [0, 0.1) is 0 Å². The van der Waals surface area contributed by atoms with E-state index in [1.54, 1.807) is 20.8 Å². The minimum absolute atomic E-state index is 0.0330. The number of hydrogen-bond donors (Lipinski definition) is 0. The van der Waals surface area contributed by atoms with Gasteiger partial charge in [0.2, 0.25) is 0 Å². The largest absolute Gasteiger partial charge is 0.456 e. The number of hydrogen-bond acceptors (Lipinski definition) is 6. The van der Waals surface area contributed by atoms with Crippen LogP contribution < -0.4 is 4.74 Å². The predicted molar refractivity (Wildman–Crippen MR) is 116 cm³/mol. The summed E-state index contributed by atoms with van der Waals surface area (Å²) in [4.78, 5) is 12.7. The Balaban J connectivity index is 2.20. The third-order valence-electron chi connectivity index (χ3n) is 4.12. The molecule has 0 fully saturated rings. The molecule has 0 aromatic heterocycles. The van der Waals surface area contributed by atoms with E-state index >= 15 is 0 Å². The van der Waals surface area contributed by atoms with E-state index in [1.165, 1.54) is 18.2 Å². The van der Waals surface area contributed by atoms with E-state index in [1.807, 2.05) is 0 Å². The summed E-state index contributed by atoms with van der Waals surface area (Å²) in [5.41, 5.74) is -0.961. The molecular weight excluding hydrogens is 488 g/mol. The lowest BCUT2D eigenvalue weighted by Crippen LogP contribution is -2.44. The van der Waals surface area contributed by atoms with Crippen molar-refractivity contribution in [2.75, 3.05) is 26.4 Å². The lowest BCUT2D eigenvalue weighted by atomic mass is 10.2. The lowest BCUT2D eigenvalue weighted by molar-refractivity contribution is -0.386. The molecule has 0 N–H and O–H groups in total. The third-order valence-corrected chi connectivity index (χ3v) is 4.74. The molecule has 0 bridgehead atoms. The standard InChI is InChI=1S/C22H23Cl2F3O6/c1-4-30-21(31-5-2,32-6-3)13-29-20(28)16-12-15(8-9-17(16)23)33-19-10-7-14(11-18(19)24)22(25,26)27/h7-12H,4-6,13H2,1-3H3. The van der Waals surface area contributed by atoms with Crippen LogP contribution in [0.3, 0.4) is 0 Å². The summed E-state index contributed by atoms with van der Waals surface area (Å²) in [6.07, 6.45) is -4.54. The number of carbonyl (C=O) groups is 1. The number of rotatable bonds is 11. The number of benzene rings is 2. The van der Waals surface area contributed by atoms with Crippen molar-refractivity contribution >= 4 is 29.2 Å². The highest BCUT2D eigenvalue weighted by Crippen LogP contribution is 2.37. The van der Waals surface area contributed by atoms with Gasteiger partial charge in [-0.05, 0) is 57.2 Å². The van der Waals surface area contributed by atoms with Gasteiger partial charge in [0.1, 0.15) is 11.5 Å². The molecule has 0 aliphatic heterocycles. The van der Waals surface area contributed by atoms with Gasteiger partial charge in [-0.2, -0.15) is 13.2 Å². The first kappa shape index (κ1) is 27.2. The summed E-state index contributed by atoms with van der Waals surface area (Å²) in [7, 11) is 0. The molecule has 2 aromatic rings. The SMILES string of the molecule is CCOC(COC(=O)c1cc(Oc2ccc(C(F)(F)F)cc2Cl)ccc1Cl)(OCC)OCC. The molecule has 0 heterocycles. The van der Waals surface area contributed by atoms with Crippen molar-refractivity contribution in [2.45, 2.75) is 32.9 Å². The Hall–Kier alpha value is -2.04. The molecule has 0 unspecified atom stereocenters. The Bertz CT molecular complexity index is 935. The predicted octanol–water partition coefficient (Wildman–Crippen LogP) is 6.72. The summed E-state index contributed by atoms with van der Waals surface area (Å²) in [6, 6.07) is 6.75. The second-order valence-corrected chi connectivity index (χ2v) is 7.26. The molecule has 0 spiro atoms. The van der Waals surface area contributed by atoms with Gasteiger partial charge < -0.3 is 23.7 Å². The summed E-state index contributed by atoms with van der Waals surface area (Å²) < 4.78 is 65.8. The van der Waals surface area contributed by atoms with Crippen LogP contribution in [0.25, 0.3) is 0 Å². The number of alkyl halides is 3. The monoisotopic (exact) mass is 510 g/mol. The first-order valence-corrected chi connectivity index (χ1v) is 10.7. The fraction of sp³-hybridized carbons (Fsp3) is 0.409. The number of halogens is 5. The topological polar surface area (TPSA) is 63.2 Å². The minimum Gasteiger partial charge on any atom is -0.456 e. The van der Waals surface area contributed by atoms with E-state index < -0.39 is 23.7 Å². The molecule has 0 saturated carbocycles. The molecule has 33 heavy (non-hydrogen) atoms. The second kappa shape index (κ2) is 11.9. The van der Waals surface area contributed by atoms with Crippen LogP contribution >= 0.6 is 23.2 Å². The van der Waals surface area contributed by atoms with Crippen molar-refractivity contribution < 1.29 is 41.7 Å². The minimum atomic E-state index is -4.54. The highest BCUT2D eigenvalue weighted by molar-refractivity contribution is 6.33. The maximum atomic E-state index is 12.8. The molecule has 0 aliphatic carbocycles. The number of esters is 1. The van der Waals surface area contributed by atoms with Gasteiger partial charge in [-0.25, -0.2) is 4.79 Å². The molecule has 0 radical (unpaired) electrons. The molecule has 0 atom stereocenters. The van der Waals surface area contributed by atoms with E-state index in [2.05, 4.69) is 0 Å². The first-order chi connectivity index (χ1) is 15.5. The Morgan fingerprint density at radius 1 is 0.879 bits per heavy atom. The maximum Gasteiger partial charge on any atom is 0.416 e. The van der Waals surface area contributed by atoms with Gasteiger partial charge in [-0.3, -0.25) is 0 Å². The first-order valence-electron chi connectivity index (χ1n) is 9.98. The van der Waals surface area contributed by atoms with Crippen LogP contribution in [-0.4, -0.2) is 38.4 Å². The van der Waals surface area contributed by atoms with Crippen LogP contribution in [0.1, 0.15) is 36.7 Å². The maximum absolute atomic E-state index is 12.8. The van der Waals surface area contributed by atoms with E-state index in [9.17, 15) is 18.0 Å². The zero-order valence-corrected chi connectivity index (χ0v) is 19.6. The third kappa shape index (κ3) is 7.48. The zero-order valence-electron chi connectivity index (χ0n) is 18.1. The quantitative estimate of drug-likeness (QED) is 0.247. The van der Waals surface area contributed by atoms with Gasteiger partial charge in [0.05, 0.1) is 21.2 Å². The molecule has 2 aromatic carbocycles. The van der Waals surface area contributed by atoms with E-state index in [0.29, 0.717) is 0 Å². The van der Waals surface area contributed by atoms with Gasteiger partial charge in [0.25, 0.3) is 0 Å². The number of carbonyl (C=O) groups excluding carboxylic acids is 1. The van der Waals surface area contributed by atoms with Crippen molar-refractivity contribution in [3.63, 3.8) is 0 Å². The van der Waals surface area contributed by atoms with Crippen molar-refractivity contribution in [1.29, 1.82) is 0 Å². The number of ether oxygens (including phenoxy) is 5. The van der Waals surface area contributed by atoms with E-state index in [-0.39, 0.29) is 53.5 Å². The summed E-state index contributed by atoms with van der Waals surface area (Å²) in [5.74, 6) is -2.30. The van der Waals surface area contributed by atoms with E-state index in [4.69, 9.17) is 46.9 Å². The Kier molecular flexibility index (Phi) is 9.81. The average molecular weight is 511 g/mol. The Morgan fingerprint density at radius 3 is 2.00 bits per heavy atom. The molecule has 6 nitrogen and oxygen atoms in total. The van der Waals surface area contributed by atoms with Gasteiger partial charge in [-0.1, -0.05) is 23.2 Å². The fourth-order valence-corrected chi connectivity index (χ4v) is 3.17. The van der Waals surface area contributed by atoms with Crippen LogP contribution in [-0.2, 0) is 25.1 Å². The molecule has 0 aliphatic rings. The van der Waals surface area contributed by atoms with Gasteiger partial charge in [-0.15, -0.1) is 0 Å². The second-order valence-electron chi connectivity index (χ2n) is 6.44. The van der Waals surface area contributed by atoms with Crippen molar-refractivity contribution in [2.24, 2.45) is 0 Å². The molecule has 2 rings (SSSR count). The molecule has 11 heteroatoms. The summed E-state index contributed by atoms with van der Waals surface area (Å²) in [6.45, 7) is 5.57. The Labute approximate surface area is 199 Å². The average Bonchev–Trinajstić information content (AvgIpc) is 2.74. The normalized spacial score (nSPS) is 12.0. The zero-order chi connectivity index (χ0) is 24.6. The van der Waals surface area contributed by atoms with Gasteiger partial charge >= 0.3 is 18.1 Å². The smallest absolute Gasteiger partial charge is 0.416 e. The highest BCUT2D eigenvalue weighted by atomic mass is 35.5.